The second-order valence-corrected chi connectivity index (χ2v) is 5.21. The van der Waals surface area contributed by atoms with Crippen LogP contribution in [0, 0.1) is 6.92 Å². The van der Waals surface area contributed by atoms with Gasteiger partial charge in [-0.2, -0.15) is 0 Å². The Balaban J connectivity index is 2.07. The van der Waals surface area contributed by atoms with E-state index in [9.17, 15) is 4.79 Å². The summed E-state index contributed by atoms with van der Waals surface area (Å²) in [5.74, 6) is 0.489. The molecule has 0 saturated heterocycles. The van der Waals surface area contributed by atoms with Crippen molar-refractivity contribution in [3.8, 4) is 5.75 Å². The van der Waals surface area contributed by atoms with E-state index in [1.165, 1.54) is 0 Å². The highest BCUT2D eigenvalue weighted by Gasteiger charge is 2.19. The summed E-state index contributed by atoms with van der Waals surface area (Å²) in [4.78, 5) is 12.3. The molecule has 110 valence electrons. The SMILES string of the molecule is CC[C@@H](Oc1cccc(C)c1)C(=O)Nc1ccccc1Cl. The average molecular weight is 304 g/mol. The van der Waals surface area contributed by atoms with Gasteiger partial charge in [0.1, 0.15) is 5.75 Å². The Hall–Kier alpha value is -2.00. The van der Waals surface area contributed by atoms with E-state index < -0.39 is 6.10 Å². The molecule has 1 amide bonds. The summed E-state index contributed by atoms with van der Waals surface area (Å²) >= 11 is 6.04. The topological polar surface area (TPSA) is 38.3 Å². The second-order valence-electron chi connectivity index (χ2n) is 4.80. The van der Waals surface area contributed by atoms with Gasteiger partial charge >= 0.3 is 0 Å². The first-order valence-corrected chi connectivity index (χ1v) is 7.26. The number of nitrogens with one attached hydrogen (secondary N) is 1. The van der Waals surface area contributed by atoms with Crippen molar-refractivity contribution in [1.29, 1.82) is 0 Å². The van der Waals surface area contributed by atoms with Gasteiger partial charge in [0.25, 0.3) is 5.91 Å². The zero-order chi connectivity index (χ0) is 15.2. The number of amides is 1. The number of ether oxygens (including phenoxy) is 1. The molecule has 0 spiro atoms. The molecule has 0 bridgehead atoms. The number of halogens is 1. The molecular formula is C17H18ClNO2. The van der Waals surface area contributed by atoms with Crippen LogP contribution in [0.2, 0.25) is 5.02 Å². The van der Waals surface area contributed by atoms with Crippen molar-refractivity contribution >= 4 is 23.2 Å². The van der Waals surface area contributed by atoms with Gasteiger partial charge in [0, 0.05) is 0 Å². The van der Waals surface area contributed by atoms with Crippen LogP contribution in [0.15, 0.2) is 48.5 Å². The standard InChI is InChI=1S/C17H18ClNO2/c1-3-16(21-13-8-6-7-12(2)11-13)17(20)19-15-10-5-4-9-14(15)18/h4-11,16H,3H2,1-2H3,(H,19,20)/t16-/m1/s1. The molecule has 0 saturated carbocycles. The summed E-state index contributed by atoms with van der Waals surface area (Å²) in [6.45, 7) is 3.89. The Bertz CT molecular complexity index is 628. The van der Waals surface area contributed by atoms with Gasteiger partial charge in [-0.25, -0.2) is 0 Å². The quantitative estimate of drug-likeness (QED) is 0.886. The fourth-order valence-corrected chi connectivity index (χ4v) is 2.13. The van der Waals surface area contributed by atoms with E-state index in [1.807, 2.05) is 50.2 Å². The number of hydrogen-bond donors (Lipinski definition) is 1. The summed E-state index contributed by atoms with van der Waals surface area (Å²) in [5.41, 5.74) is 1.68. The van der Waals surface area contributed by atoms with E-state index in [1.54, 1.807) is 12.1 Å². The fourth-order valence-electron chi connectivity index (χ4n) is 1.95. The molecule has 2 aromatic rings. The van der Waals surface area contributed by atoms with Gasteiger partial charge in [0.15, 0.2) is 6.10 Å². The minimum atomic E-state index is -0.553. The fraction of sp³-hybridized carbons (Fsp3) is 0.235. The molecule has 21 heavy (non-hydrogen) atoms. The molecule has 0 radical (unpaired) electrons. The molecule has 4 heteroatoms. The number of rotatable bonds is 5. The zero-order valence-electron chi connectivity index (χ0n) is 12.1. The predicted octanol–water partition coefficient (Wildman–Crippen LogP) is 4.44. The normalized spacial score (nSPS) is 11.8. The lowest BCUT2D eigenvalue weighted by Gasteiger charge is -2.18. The number of carbonyl (C=O) groups excluding carboxylic acids is 1. The van der Waals surface area contributed by atoms with Gasteiger partial charge in [-0.3, -0.25) is 4.79 Å². The monoisotopic (exact) mass is 303 g/mol. The third kappa shape index (κ3) is 4.23. The maximum atomic E-state index is 12.3. The molecule has 0 heterocycles. The molecule has 0 aliphatic rings. The molecule has 1 atom stereocenters. The number of para-hydroxylation sites is 1. The highest BCUT2D eigenvalue weighted by molar-refractivity contribution is 6.33. The smallest absolute Gasteiger partial charge is 0.265 e. The van der Waals surface area contributed by atoms with Crippen molar-refractivity contribution < 1.29 is 9.53 Å². The lowest BCUT2D eigenvalue weighted by atomic mass is 10.2. The van der Waals surface area contributed by atoms with E-state index >= 15 is 0 Å². The van der Waals surface area contributed by atoms with Gasteiger partial charge in [0.2, 0.25) is 0 Å². The van der Waals surface area contributed by atoms with E-state index in [-0.39, 0.29) is 5.91 Å². The minimum absolute atomic E-state index is 0.202. The van der Waals surface area contributed by atoms with Crippen molar-refractivity contribution in [2.24, 2.45) is 0 Å². The Labute approximate surface area is 129 Å². The van der Waals surface area contributed by atoms with Crippen LogP contribution in [0.5, 0.6) is 5.75 Å². The van der Waals surface area contributed by atoms with Gasteiger partial charge in [0.05, 0.1) is 10.7 Å². The molecule has 2 aromatic carbocycles. The zero-order valence-corrected chi connectivity index (χ0v) is 12.9. The summed E-state index contributed by atoms with van der Waals surface area (Å²) < 4.78 is 5.76. The Morgan fingerprint density at radius 1 is 1.24 bits per heavy atom. The summed E-state index contributed by atoms with van der Waals surface area (Å²) in [6.07, 6.45) is 0.0209. The van der Waals surface area contributed by atoms with Gasteiger partial charge in [-0.1, -0.05) is 42.8 Å². The van der Waals surface area contributed by atoms with Gasteiger partial charge in [-0.05, 0) is 43.2 Å². The predicted molar refractivity (Wildman–Crippen MR) is 86.0 cm³/mol. The Morgan fingerprint density at radius 3 is 2.67 bits per heavy atom. The Kier molecular flexibility index (Phi) is 5.23. The van der Waals surface area contributed by atoms with Crippen molar-refractivity contribution in [2.45, 2.75) is 26.4 Å². The van der Waals surface area contributed by atoms with Crippen LogP contribution in [0.1, 0.15) is 18.9 Å². The van der Waals surface area contributed by atoms with Gasteiger partial charge < -0.3 is 10.1 Å². The minimum Gasteiger partial charge on any atom is -0.481 e. The molecule has 3 nitrogen and oxygen atoms in total. The van der Waals surface area contributed by atoms with Crippen LogP contribution < -0.4 is 10.1 Å². The molecule has 1 N–H and O–H groups in total. The second kappa shape index (κ2) is 7.14. The summed E-state index contributed by atoms with van der Waals surface area (Å²) in [5, 5.41) is 3.31. The molecule has 0 aliphatic carbocycles. The number of aryl methyl sites for hydroxylation is 1. The molecular weight excluding hydrogens is 286 g/mol. The lowest BCUT2D eigenvalue weighted by Crippen LogP contribution is -2.32. The summed E-state index contributed by atoms with van der Waals surface area (Å²) in [6, 6.07) is 14.8. The van der Waals surface area contributed by atoms with Crippen molar-refractivity contribution in [2.75, 3.05) is 5.32 Å². The molecule has 2 rings (SSSR count). The largest absolute Gasteiger partial charge is 0.481 e. The maximum absolute atomic E-state index is 12.3. The Morgan fingerprint density at radius 2 is 2.00 bits per heavy atom. The highest BCUT2D eigenvalue weighted by Crippen LogP contribution is 2.22. The highest BCUT2D eigenvalue weighted by atomic mass is 35.5. The number of hydrogen-bond acceptors (Lipinski definition) is 2. The van der Waals surface area contributed by atoms with E-state index in [0.29, 0.717) is 22.9 Å². The molecule has 0 fully saturated rings. The average Bonchev–Trinajstić information content (AvgIpc) is 2.47. The number of carbonyl (C=O) groups is 1. The van der Waals surface area contributed by atoms with Crippen molar-refractivity contribution in [3.63, 3.8) is 0 Å². The lowest BCUT2D eigenvalue weighted by molar-refractivity contribution is -0.122. The van der Waals surface area contributed by atoms with Crippen LogP contribution in [0.4, 0.5) is 5.69 Å². The first-order chi connectivity index (χ1) is 10.1. The van der Waals surface area contributed by atoms with Crippen LogP contribution in [0.25, 0.3) is 0 Å². The van der Waals surface area contributed by atoms with Crippen molar-refractivity contribution in [3.05, 3.63) is 59.1 Å². The van der Waals surface area contributed by atoms with E-state index in [0.717, 1.165) is 5.56 Å². The molecule has 0 aliphatic heterocycles. The van der Waals surface area contributed by atoms with Crippen LogP contribution in [-0.4, -0.2) is 12.0 Å². The summed E-state index contributed by atoms with van der Waals surface area (Å²) in [7, 11) is 0. The number of benzene rings is 2. The van der Waals surface area contributed by atoms with Crippen LogP contribution in [-0.2, 0) is 4.79 Å². The van der Waals surface area contributed by atoms with Crippen LogP contribution >= 0.6 is 11.6 Å². The maximum Gasteiger partial charge on any atom is 0.265 e. The van der Waals surface area contributed by atoms with E-state index in [2.05, 4.69) is 5.32 Å². The number of anilines is 1. The van der Waals surface area contributed by atoms with Gasteiger partial charge in [-0.15, -0.1) is 0 Å². The third-order valence-electron chi connectivity index (χ3n) is 3.06. The first kappa shape index (κ1) is 15.4. The molecule has 0 unspecified atom stereocenters. The van der Waals surface area contributed by atoms with Crippen molar-refractivity contribution in [1.82, 2.24) is 0 Å². The third-order valence-corrected chi connectivity index (χ3v) is 3.39. The first-order valence-electron chi connectivity index (χ1n) is 6.89. The van der Waals surface area contributed by atoms with Crippen LogP contribution in [0.3, 0.4) is 0 Å². The van der Waals surface area contributed by atoms with E-state index in [4.69, 9.17) is 16.3 Å². The molecule has 0 aromatic heterocycles.